The summed E-state index contributed by atoms with van der Waals surface area (Å²) in [6.07, 6.45) is 1.87. The van der Waals surface area contributed by atoms with E-state index in [0.29, 0.717) is 30.7 Å². The zero-order chi connectivity index (χ0) is 16.6. The van der Waals surface area contributed by atoms with Crippen LogP contribution in [0.4, 0.5) is 10.5 Å². The molecule has 5 heteroatoms. The van der Waals surface area contributed by atoms with Gasteiger partial charge in [-0.1, -0.05) is 13.8 Å². The van der Waals surface area contributed by atoms with Crippen LogP contribution in [-0.4, -0.2) is 42.1 Å². The van der Waals surface area contributed by atoms with Gasteiger partial charge in [-0.2, -0.15) is 0 Å². The van der Waals surface area contributed by atoms with Crippen molar-refractivity contribution in [1.29, 1.82) is 0 Å². The van der Waals surface area contributed by atoms with Crippen molar-refractivity contribution >= 4 is 17.7 Å². The number of rotatable bonds is 5. The van der Waals surface area contributed by atoms with Crippen LogP contribution in [-0.2, 0) is 4.74 Å². The van der Waals surface area contributed by atoms with Crippen molar-refractivity contribution in [2.75, 3.05) is 18.1 Å². The lowest BCUT2D eigenvalue weighted by Crippen LogP contribution is -2.43. The molecule has 1 heterocycles. The quantitative estimate of drug-likeness (QED) is 0.837. The number of cyclic esters (lactones) is 1. The molecular formula is C18H24N2O3. The number of ether oxygens (including phenoxy) is 1. The van der Waals surface area contributed by atoms with Crippen molar-refractivity contribution in [2.45, 2.75) is 45.7 Å². The zero-order valence-electron chi connectivity index (χ0n) is 14.0. The van der Waals surface area contributed by atoms with Crippen LogP contribution in [0.25, 0.3) is 0 Å². The van der Waals surface area contributed by atoms with Gasteiger partial charge in [-0.15, -0.1) is 0 Å². The highest BCUT2D eigenvalue weighted by Gasteiger charge is 2.37. The largest absolute Gasteiger partial charge is 0.447 e. The molecule has 1 saturated carbocycles. The summed E-state index contributed by atoms with van der Waals surface area (Å²) < 4.78 is 4.95. The van der Waals surface area contributed by atoms with Gasteiger partial charge in [0.15, 0.2) is 0 Å². The van der Waals surface area contributed by atoms with Crippen molar-refractivity contribution in [3.63, 3.8) is 0 Å². The number of amides is 2. The minimum Gasteiger partial charge on any atom is -0.447 e. The Bertz CT molecular complexity index is 593. The molecule has 1 atom stereocenters. The number of carbonyl (C=O) groups is 2. The van der Waals surface area contributed by atoms with Crippen LogP contribution < -0.4 is 4.90 Å². The maximum absolute atomic E-state index is 12.9. The molecule has 0 bridgehead atoms. The standard InChI is InChI=1S/C18H24N2O3/c1-12(2)13(3)20(16-8-9-16)17(21)14-4-6-15(7-5-14)19-10-11-23-18(19)22/h4-7,12-13,16H,8-11H2,1-3H3. The zero-order valence-corrected chi connectivity index (χ0v) is 14.0. The maximum atomic E-state index is 12.9. The number of benzene rings is 1. The van der Waals surface area contributed by atoms with Gasteiger partial charge in [0.1, 0.15) is 6.61 Å². The minimum atomic E-state index is -0.322. The summed E-state index contributed by atoms with van der Waals surface area (Å²) in [5.41, 5.74) is 1.46. The molecule has 2 amide bonds. The first-order chi connectivity index (χ1) is 11.0. The van der Waals surface area contributed by atoms with Crippen LogP contribution >= 0.6 is 0 Å². The predicted molar refractivity (Wildman–Crippen MR) is 88.6 cm³/mol. The Morgan fingerprint density at radius 2 is 1.87 bits per heavy atom. The van der Waals surface area contributed by atoms with Gasteiger partial charge in [0.05, 0.1) is 6.54 Å². The molecule has 1 saturated heterocycles. The summed E-state index contributed by atoms with van der Waals surface area (Å²) in [6, 6.07) is 7.88. The second-order valence-electron chi connectivity index (χ2n) is 6.74. The smallest absolute Gasteiger partial charge is 0.414 e. The van der Waals surface area contributed by atoms with E-state index in [2.05, 4.69) is 20.8 Å². The van der Waals surface area contributed by atoms with Gasteiger partial charge in [-0.3, -0.25) is 9.69 Å². The third-order valence-corrected chi connectivity index (χ3v) is 4.77. The molecule has 0 aromatic heterocycles. The number of hydrogen-bond acceptors (Lipinski definition) is 3. The highest BCUT2D eigenvalue weighted by atomic mass is 16.6. The van der Waals surface area contributed by atoms with Gasteiger partial charge in [0.25, 0.3) is 5.91 Å². The van der Waals surface area contributed by atoms with Gasteiger partial charge in [-0.05, 0) is 49.9 Å². The van der Waals surface area contributed by atoms with E-state index >= 15 is 0 Å². The van der Waals surface area contributed by atoms with Crippen LogP contribution in [0.15, 0.2) is 24.3 Å². The highest BCUT2D eigenvalue weighted by Crippen LogP contribution is 2.32. The Morgan fingerprint density at radius 1 is 1.22 bits per heavy atom. The Kier molecular flexibility index (Phi) is 4.28. The second kappa shape index (κ2) is 6.22. The number of anilines is 1. The Balaban J connectivity index is 1.77. The lowest BCUT2D eigenvalue weighted by molar-refractivity contribution is 0.0628. The second-order valence-corrected chi connectivity index (χ2v) is 6.74. The Morgan fingerprint density at radius 3 is 2.35 bits per heavy atom. The van der Waals surface area contributed by atoms with Gasteiger partial charge < -0.3 is 9.64 Å². The summed E-state index contributed by atoms with van der Waals surface area (Å²) in [4.78, 5) is 28.1. The first-order valence-electron chi connectivity index (χ1n) is 8.36. The van der Waals surface area contributed by atoms with Crippen molar-refractivity contribution in [3.05, 3.63) is 29.8 Å². The van der Waals surface area contributed by atoms with Crippen LogP contribution in [0.1, 0.15) is 44.0 Å². The summed E-state index contributed by atoms with van der Waals surface area (Å²) in [5.74, 6) is 0.516. The van der Waals surface area contributed by atoms with E-state index in [1.807, 2.05) is 29.2 Å². The molecule has 1 unspecified atom stereocenters. The molecule has 1 aliphatic heterocycles. The fourth-order valence-electron chi connectivity index (χ4n) is 2.92. The van der Waals surface area contributed by atoms with Gasteiger partial charge in [-0.25, -0.2) is 4.79 Å². The van der Waals surface area contributed by atoms with Crippen molar-refractivity contribution in [1.82, 2.24) is 4.90 Å². The van der Waals surface area contributed by atoms with Gasteiger partial charge in [0, 0.05) is 23.3 Å². The van der Waals surface area contributed by atoms with Crippen LogP contribution in [0.3, 0.4) is 0 Å². The highest BCUT2D eigenvalue weighted by molar-refractivity contribution is 5.96. The Labute approximate surface area is 137 Å². The molecule has 1 aromatic rings. The minimum absolute atomic E-state index is 0.0873. The van der Waals surface area contributed by atoms with E-state index in [1.54, 1.807) is 4.90 Å². The monoisotopic (exact) mass is 316 g/mol. The average Bonchev–Trinajstić information content (AvgIpc) is 3.28. The Hall–Kier alpha value is -2.04. The molecule has 124 valence electrons. The van der Waals surface area contributed by atoms with Gasteiger partial charge >= 0.3 is 6.09 Å². The molecule has 0 radical (unpaired) electrons. The van der Waals surface area contributed by atoms with Crippen LogP contribution in [0.5, 0.6) is 0 Å². The molecule has 5 nitrogen and oxygen atoms in total. The van der Waals surface area contributed by atoms with Crippen molar-refractivity contribution in [2.24, 2.45) is 5.92 Å². The molecule has 23 heavy (non-hydrogen) atoms. The summed E-state index contributed by atoms with van der Waals surface area (Å²) in [5, 5.41) is 0. The summed E-state index contributed by atoms with van der Waals surface area (Å²) in [6.45, 7) is 7.39. The van der Waals surface area contributed by atoms with E-state index < -0.39 is 0 Å². The van der Waals surface area contributed by atoms with Gasteiger partial charge in [0.2, 0.25) is 0 Å². The molecular weight excluding hydrogens is 292 g/mol. The normalized spacial score (nSPS) is 19.0. The number of carbonyl (C=O) groups excluding carboxylic acids is 2. The van der Waals surface area contributed by atoms with E-state index in [9.17, 15) is 9.59 Å². The molecule has 3 rings (SSSR count). The average molecular weight is 316 g/mol. The predicted octanol–water partition coefficient (Wildman–Crippen LogP) is 3.29. The lowest BCUT2D eigenvalue weighted by atomic mass is 10.0. The first-order valence-corrected chi connectivity index (χ1v) is 8.36. The third kappa shape index (κ3) is 3.19. The fraction of sp³-hybridized carbons (Fsp3) is 0.556. The van der Waals surface area contributed by atoms with Crippen molar-refractivity contribution in [3.8, 4) is 0 Å². The molecule has 0 spiro atoms. The number of hydrogen-bond donors (Lipinski definition) is 0. The molecule has 2 fully saturated rings. The molecule has 2 aliphatic rings. The van der Waals surface area contributed by atoms with Crippen LogP contribution in [0.2, 0.25) is 0 Å². The van der Waals surface area contributed by atoms with E-state index in [0.717, 1.165) is 18.5 Å². The van der Waals surface area contributed by atoms with E-state index in [4.69, 9.17) is 4.74 Å². The first kappa shape index (κ1) is 15.8. The summed E-state index contributed by atoms with van der Waals surface area (Å²) in [7, 11) is 0. The molecule has 0 N–H and O–H groups in total. The number of nitrogens with zero attached hydrogens (tertiary/aromatic N) is 2. The topological polar surface area (TPSA) is 49.9 Å². The molecule has 1 aliphatic carbocycles. The maximum Gasteiger partial charge on any atom is 0.414 e. The fourth-order valence-corrected chi connectivity index (χ4v) is 2.92. The van der Waals surface area contributed by atoms with Crippen molar-refractivity contribution < 1.29 is 14.3 Å². The third-order valence-electron chi connectivity index (χ3n) is 4.77. The van der Waals surface area contributed by atoms with Crippen LogP contribution in [0, 0.1) is 5.92 Å². The van der Waals surface area contributed by atoms with E-state index in [1.165, 1.54) is 0 Å². The van der Waals surface area contributed by atoms with E-state index in [-0.39, 0.29) is 18.0 Å². The SMILES string of the molecule is CC(C)C(C)N(C(=O)c1ccc(N2CCOC2=O)cc1)C1CC1. The molecule has 1 aromatic carbocycles. The lowest BCUT2D eigenvalue weighted by Gasteiger charge is -2.32. The summed E-state index contributed by atoms with van der Waals surface area (Å²) >= 11 is 0.